The number of aliphatic imine (C=N–C) groups is 1. The van der Waals surface area contributed by atoms with Crippen molar-refractivity contribution >= 4 is 45.2 Å². The van der Waals surface area contributed by atoms with Gasteiger partial charge in [-0.2, -0.15) is 11.8 Å². The molecule has 0 aliphatic heterocycles. The van der Waals surface area contributed by atoms with Crippen LogP contribution in [0.4, 0.5) is 5.13 Å². The number of anilines is 1. The Morgan fingerprint density at radius 3 is 2.84 bits per heavy atom. The Hall–Kier alpha value is -0.400. The van der Waals surface area contributed by atoms with Gasteiger partial charge in [0.05, 0.1) is 5.69 Å². The molecule has 1 aromatic rings. The molecule has 19 heavy (non-hydrogen) atoms. The van der Waals surface area contributed by atoms with Crippen molar-refractivity contribution in [2.24, 2.45) is 4.99 Å². The lowest BCUT2D eigenvalue weighted by molar-refractivity contribution is 0.968. The molecule has 0 aliphatic carbocycles. The summed E-state index contributed by atoms with van der Waals surface area (Å²) < 4.78 is 0. The maximum absolute atomic E-state index is 4.63. The van der Waals surface area contributed by atoms with Crippen molar-refractivity contribution in [3.8, 4) is 0 Å². The predicted molar refractivity (Wildman–Crippen MR) is 92.2 cm³/mol. The second-order valence-corrected chi connectivity index (χ2v) is 7.20. The van der Waals surface area contributed by atoms with E-state index in [9.17, 15) is 0 Å². The summed E-state index contributed by atoms with van der Waals surface area (Å²) in [6, 6.07) is 0. The molecule has 7 heteroatoms. The highest BCUT2D eigenvalue weighted by Gasteiger charge is 2.11. The highest BCUT2D eigenvalue weighted by molar-refractivity contribution is 8.13. The van der Waals surface area contributed by atoms with Crippen LogP contribution in [0.3, 0.4) is 0 Å². The van der Waals surface area contributed by atoms with Crippen molar-refractivity contribution < 1.29 is 0 Å². The summed E-state index contributed by atoms with van der Waals surface area (Å²) in [7, 11) is 5.86. The van der Waals surface area contributed by atoms with Crippen LogP contribution in [0.2, 0.25) is 0 Å². The molecule has 0 radical (unpaired) electrons. The molecule has 0 aliphatic rings. The predicted octanol–water partition coefficient (Wildman–Crippen LogP) is 2.94. The fraction of sp³-hybridized carbons (Fsp3) is 0.667. The van der Waals surface area contributed by atoms with E-state index in [-0.39, 0.29) is 0 Å². The van der Waals surface area contributed by atoms with Gasteiger partial charge < -0.3 is 10.2 Å². The first-order valence-corrected chi connectivity index (χ1v) is 9.22. The topological polar surface area (TPSA) is 40.5 Å². The van der Waals surface area contributed by atoms with Gasteiger partial charge in [0.15, 0.2) is 10.3 Å². The Morgan fingerprint density at radius 1 is 1.58 bits per heavy atom. The molecular formula is C12H22N4S3. The van der Waals surface area contributed by atoms with Gasteiger partial charge in [-0.25, -0.2) is 4.98 Å². The van der Waals surface area contributed by atoms with E-state index in [2.05, 4.69) is 32.5 Å². The average molecular weight is 319 g/mol. The molecule has 4 nitrogen and oxygen atoms in total. The Labute approximate surface area is 128 Å². The van der Waals surface area contributed by atoms with Crippen molar-refractivity contribution in [3.05, 3.63) is 11.1 Å². The summed E-state index contributed by atoms with van der Waals surface area (Å²) in [4.78, 5) is 10.8. The number of nitrogens with zero attached hydrogens (tertiary/aromatic N) is 3. The molecule has 1 unspecified atom stereocenters. The average Bonchev–Trinajstić information content (AvgIpc) is 2.88. The van der Waals surface area contributed by atoms with E-state index in [0.29, 0.717) is 5.25 Å². The minimum Gasteiger partial charge on any atom is -0.364 e. The van der Waals surface area contributed by atoms with Gasteiger partial charge in [0, 0.05) is 44.1 Å². The quantitative estimate of drug-likeness (QED) is 0.496. The van der Waals surface area contributed by atoms with Crippen LogP contribution in [0.5, 0.6) is 0 Å². The smallest absolute Gasteiger partial charge is 0.185 e. The minimum atomic E-state index is 0.433. The molecule has 1 atom stereocenters. The Kier molecular flexibility index (Phi) is 7.63. The van der Waals surface area contributed by atoms with Gasteiger partial charge in [-0.05, 0) is 13.2 Å². The van der Waals surface area contributed by atoms with Crippen molar-refractivity contribution in [3.63, 3.8) is 0 Å². The second kappa shape index (κ2) is 8.71. The Bertz CT molecular complexity index is 403. The normalized spacial score (nSPS) is 13.4. The van der Waals surface area contributed by atoms with Crippen LogP contribution in [0.15, 0.2) is 10.4 Å². The summed E-state index contributed by atoms with van der Waals surface area (Å²) in [6.45, 7) is 3.15. The number of hydrogen-bond acceptors (Lipinski definition) is 6. The van der Waals surface area contributed by atoms with E-state index in [1.807, 2.05) is 39.2 Å². The van der Waals surface area contributed by atoms with Crippen LogP contribution >= 0.6 is 34.9 Å². The van der Waals surface area contributed by atoms with Crippen molar-refractivity contribution in [1.82, 2.24) is 10.3 Å². The maximum atomic E-state index is 4.63. The second-order valence-electron chi connectivity index (χ2n) is 4.12. The summed E-state index contributed by atoms with van der Waals surface area (Å²) in [6.07, 6.45) is 2.03. The number of nitrogens with one attached hydrogen (secondary N) is 1. The third kappa shape index (κ3) is 5.62. The van der Waals surface area contributed by atoms with Crippen LogP contribution in [0.1, 0.15) is 17.9 Å². The summed E-state index contributed by atoms with van der Waals surface area (Å²) in [5.41, 5.74) is 1.17. The van der Waals surface area contributed by atoms with Crippen LogP contribution in [-0.4, -0.2) is 49.8 Å². The molecule has 0 saturated heterocycles. The SMILES string of the molecule is CN=C(NCCSC(C)c1csc(N(C)C)n1)SC. The van der Waals surface area contributed by atoms with Gasteiger partial charge in [-0.15, -0.1) is 11.3 Å². The molecule has 1 rings (SSSR count). The zero-order valence-electron chi connectivity index (χ0n) is 12.1. The zero-order chi connectivity index (χ0) is 14.3. The minimum absolute atomic E-state index is 0.433. The van der Waals surface area contributed by atoms with E-state index < -0.39 is 0 Å². The van der Waals surface area contributed by atoms with Crippen molar-refractivity contribution in [2.75, 3.05) is 44.6 Å². The number of hydrogen-bond donors (Lipinski definition) is 1. The first-order chi connectivity index (χ1) is 9.08. The zero-order valence-corrected chi connectivity index (χ0v) is 14.6. The largest absolute Gasteiger partial charge is 0.364 e. The highest BCUT2D eigenvalue weighted by Crippen LogP contribution is 2.30. The lowest BCUT2D eigenvalue weighted by atomic mass is 10.4. The molecule has 1 N–H and O–H groups in total. The number of thioether (sulfide) groups is 2. The van der Waals surface area contributed by atoms with Crippen LogP contribution < -0.4 is 10.2 Å². The lowest BCUT2D eigenvalue weighted by Gasteiger charge is -2.10. The van der Waals surface area contributed by atoms with Gasteiger partial charge in [0.2, 0.25) is 0 Å². The molecule has 0 spiro atoms. The van der Waals surface area contributed by atoms with Crippen LogP contribution in [0.25, 0.3) is 0 Å². The summed E-state index contributed by atoms with van der Waals surface area (Å²) in [5.74, 6) is 1.05. The Morgan fingerprint density at radius 2 is 2.32 bits per heavy atom. The number of thiazole rings is 1. The molecule has 0 fully saturated rings. The summed E-state index contributed by atoms with van der Waals surface area (Å²) >= 11 is 5.26. The molecule has 108 valence electrons. The van der Waals surface area contributed by atoms with Gasteiger partial charge >= 0.3 is 0 Å². The monoisotopic (exact) mass is 318 g/mol. The van der Waals surface area contributed by atoms with Gasteiger partial charge in [-0.1, -0.05) is 11.8 Å². The summed E-state index contributed by atoms with van der Waals surface area (Å²) in [5, 5.41) is 7.97. The molecule has 0 amide bonds. The number of amidine groups is 1. The third-order valence-electron chi connectivity index (χ3n) is 2.45. The van der Waals surface area contributed by atoms with E-state index in [0.717, 1.165) is 22.6 Å². The molecule has 0 aromatic carbocycles. The number of rotatable bonds is 6. The van der Waals surface area contributed by atoms with Gasteiger partial charge in [0.25, 0.3) is 0 Å². The van der Waals surface area contributed by atoms with Crippen molar-refractivity contribution in [2.45, 2.75) is 12.2 Å². The van der Waals surface area contributed by atoms with E-state index >= 15 is 0 Å². The first-order valence-electron chi connectivity index (χ1n) is 6.07. The highest BCUT2D eigenvalue weighted by atomic mass is 32.2. The molecule has 0 saturated carbocycles. The van der Waals surface area contributed by atoms with E-state index in [4.69, 9.17) is 0 Å². The molecule has 0 bridgehead atoms. The van der Waals surface area contributed by atoms with E-state index in [1.165, 1.54) is 5.69 Å². The standard InChI is InChI=1S/C12H22N4S3/c1-9(10-8-19-12(15-10)16(3)4)18-7-6-14-11(13-2)17-5/h8-9H,6-7H2,1-5H3,(H,13,14). The first kappa shape index (κ1) is 16.7. The van der Waals surface area contributed by atoms with Gasteiger partial charge in [0.1, 0.15) is 0 Å². The molecule has 1 aromatic heterocycles. The third-order valence-corrected chi connectivity index (χ3v) is 5.37. The fourth-order valence-corrected chi connectivity index (χ4v) is 3.62. The number of aromatic nitrogens is 1. The maximum Gasteiger partial charge on any atom is 0.185 e. The lowest BCUT2D eigenvalue weighted by Crippen LogP contribution is -2.22. The van der Waals surface area contributed by atoms with Gasteiger partial charge in [-0.3, -0.25) is 4.99 Å². The van der Waals surface area contributed by atoms with E-state index in [1.54, 1.807) is 23.1 Å². The van der Waals surface area contributed by atoms with Crippen molar-refractivity contribution in [1.29, 1.82) is 0 Å². The molecule has 1 heterocycles. The fourth-order valence-electron chi connectivity index (χ4n) is 1.39. The van der Waals surface area contributed by atoms with Crippen LogP contribution in [-0.2, 0) is 0 Å². The Balaban J connectivity index is 2.32. The molecular weight excluding hydrogens is 296 g/mol. The van der Waals surface area contributed by atoms with Crippen LogP contribution in [0, 0.1) is 0 Å².